The number of esters is 1. The molecule has 1 amide bonds. The van der Waals surface area contributed by atoms with Crippen LogP contribution in [-0.4, -0.2) is 34.9 Å². The Morgan fingerprint density at radius 3 is 2.29 bits per heavy atom. The number of hydrogen-bond acceptors (Lipinski definition) is 6. The highest BCUT2D eigenvalue weighted by Gasteiger charge is 2.43. The van der Waals surface area contributed by atoms with Crippen molar-refractivity contribution < 1.29 is 36.7 Å². The van der Waals surface area contributed by atoms with Gasteiger partial charge in [0.2, 0.25) is 0 Å². The third-order valence-corrected chi connectivity index (χ3v) is 6.62. The Morgan fingerprint density at radius 2 is 1.76 bits per heavy atom. The molecular formula is C26H32F4N4O4. The van der Waals surface area contributed by atoms with Crippen LogP contribution in [0.2, 0.25) is 0 Å². The predicted molar refractivity (Wildman–Crippen MR) is 132 cm³/mol. The number of carbonyl (C=O) groups excluding carboxylic acids is 3. The highest BCUT2D eigenvalue weighted by atomic mass is 19.4. The van der Waals surface area contributed by atoms with Crippen LogP contribution in [0.25, 0.3) is 5.69 Å². The second-order valence-corrected chi connectivity index (χ2v) is 10.4. The Morgan fingerprint density at radius 1 is 1.13 bits per heavy atom. The molecule has 2 aromatic rings. The minimum Gasteiger partial charge on any atom is -0.461 e. The lowest BCUT2D eigenvalue weighted by atomic mass is 9.75. The smallest absolute Gasteiger partial charge is 0.418 e. The van der Waals surface area contributed by atoms with E-state index < -0.39 is 45.8 Å². The van der Waals surface area contributed by atoms with Crippen LogP contribution in [0.4, 0.5) is 23.2 Å². The van der Waals surface area contributed by atoms with Gasteiger partial charge in [-0.05, 0) is 49.7 Å². The number of nitrogen functional groups attached to an aromatic ring is 1. The van der Waals surface area contributed by atoms with Crippen LogP contribution in [0, 0.1) is 11.2 Å². The fourth-order valence-electron chi connectivity index (χ4n) is 4.95. The standard InChI is InChI=1S/C18H17F4N3O2.C8H15NO2/c1-17(2)5-12-14(13(26)6-17)9(18(20,21)22)7-25(12)8-3-10(19)15(16(24)27)11(23)4-8;9-6-8(10)11-7-4-2-1-3-5-7/h3-4,7H,5-6,23H2,1-2H3,(H2,24,27);7H,1-6,9H2. The van der Waals surface area contributed by atoms with Crippen LogP contribution in [0.3, 0.4) is 0 Å². The van der Waals surface area contributed by atoms with E-state index in [9.17, 15) is 31.9 Å². The molecule has 208 valence electrons. The number of amides is 1. The average Bonchev–Trinajstić information content (AvgIpc) is 3.18. The Bertz CT molecular complexity index is 1210. The molecule has 0 atom stereocenters. The van der Waals surface area contributed by atoms with Crippen molar-refractivity contribution in [2.24, 2.45) is 16.9 Å². The Labute approximate surface area is 217 Å². The van der Waals surface area contributed by atoms with E-state index in [1.54, 1.807) is 13.8 Å². The summed E-state index contributed by atoms with van der Waals surface area (Å²) >= 11 is 0. The number of ketones is 1. The minimum absolute atomic E-state index is 0.0104. The molecule has 0 radical (unpaired) electrons. The molecule has 12 heteroatoms. The van der Waals surface area contributed by atoms with Gasteiger partial charge in [0.25, 0.3) is 5.91 Å². The van der Waals surface area contributed by atoms with Crippen molar-refractivity contribution in [3.8, 4) is 5.69 Å². The van der Waals surface area contributed by atoms with Gasteiger partial charge in [-0.25, -0.2) is 4.39 Å². The van der Waals surface area contributed by atoms with Gasteiger partial charge in [0, 0.05) is 24.0 Å². The molecule has 1 fully saturated rings. The van der Waals surface area contributed by atoms with Gasteiger partial charge in [0.05, 0.1) is 28.9 Å². The van der Waals surface area contributed by atoms with Gasteiger partial charge in [-0.15, -0.1) is 0 Å². The van der Waals surface area contributed by atoms with E-state index in [4.69, 9.17) is 21.9 Å². The maximum Gasteiger partial charge on any atom is 0.418 e. The van der Waals surface area contributed by atoms with Crippen molar-refractivity contribution in [3.63, 3.8) is 0 Å². The number of aromatic nitrogens is 1. The third-order valence-electron chi connectivity index (χ3n) is 6.62. The molecule has 1 aromatic heterocycles. The van der Waals surface area contributed by atoms with Crippen molar-refractivity contribution in [1.29, 1.82) is 0 Å². The van der Waals surface area contributed by atoms with Crippen molar-refractivity contribution >= 4 is 23.3 Å². The summed E-state index contributed by atoms with van der Waals surface area (Å²) < 4.78 is 60.9. The third kappa shape index (κ3) is 6.53. The SMILES string of the molecule is CC1(C)CC(=O)c2c(C(F)(F)F)cn(-c3cc(N)c(C(N)=O)c(F)c3)c2C1.NCC(=O)OC1CCCCC1. The number of alkyl halides is 3. The monoisotopic (exact) mass is 540 g/mol. The van der Waals surface area contributed by atoms with Crippen molar-refractivity contribution in [3.05, 3.63) is 46.5 Å². The van der Waals surface area contributed by atoms with E-state index >= 15 is 0 Å². The number of hydrogen-bond donors (Lipinski definition) is 3. The van der Waals surface area contributed by atoms with Gasteiger partial charge in [0.15, 0.2) is 5.78 Å². The minimum atomic E-state index is -4.75. The van der Waals surface area contributed by atoms with Gasteiger partial charge in [-0.3, -0.25) is 14.4 Å². The summed E-state index contributed by atoms with van der Waals surface area (Å²) in [4.78, 5) is 34.4. The van der Waals surface area contributed by atoms with Crippen molar-refractivity contribution in [2.75, 3.05) is 12.3 Å². The number of carbonyl (C=O) groups is 3. The van der Waals surface area contributed by atoms with E-state index in [2.05, 4.69) is 0 Å². The molecule has 1 heterocycles. The summed E-state index contributed by atoms with van der Waals surface area (Å²) in [5, 5.41) is 0. The first-order valence-electron chi connectivity index (χ1n) is 12.3. The van der Waals surface area contributed by atoms with Crippen LogP contribution < -0.4 is 17.2 Å². The summed E-state index contributed by atoms with van der Waals surface area (Å²) in [5.74, 6) is -3.01. The zero-order valence-electron chi connectivity index (χ0n) is 21.3. The number of nitrogens with two attached hydrogens (primary N) is 3. The van der Waals surface area contributed by atoms with Gasteiger partial charge in [-0.1, -0.05) is 20.3 Å². The maximum absolute atomic E-state index is 14.3. The summed E-state index contributed by atoms with van der Waals surface area (Å²) in [5.41, 5.74) is 13.1. The largest absolute Gasteiger partial charge is 0.461 e. The number of Topliss-reactive ketones (excluding diaryl/α,β-unsaturated/α-hetero) is 1. The first-order chi connectivity index (χ1) is 17.6. The van der Waals surface area contributed by atoms with E-state index in [-0.39, 0.29) is 48.5 Å². The Hall–Kier alpha value is -3.41. The van der Waals surface area contributed by atoms with E-state index in [0.717, 1.165) is 35.7 Å². The van der Waals surface area contributed by atoms with Crippen LogP contribution in [0.5, 0.6) is 0 Å². The lowest BCUT2D eigenvalue weighted by molar-refractivity contribution is -0.148. The fourth-order valence-corrected chi connectivity index (χ4v) is 4.95. The van der Waals surface area contributed by atoms with Gasteiger partial charge in [0.1, 0.15) is 11.9 Å². The van der Waals surface area contributed by atoms with E-state index in [1.165, 1.54) is 19.3 Å². The molecule has 2 aliphatic rings. The molecule has 38 heavy (non-hydrogen) atoms. The molecule has 1 aromatic carbocycles. The topological polar surface area (TPSA) is 143 Å². The zero-order valence-corrected chi connectivity index (χ0v) is 21.3. The van der Waals surface area contributed by atoms with Crippen LogP contribution in [0.1, 0.15) is 84.3 Å². The molecule has 0 saturated heterocycles. The van der Waals surface area contributed by atoms with Crippen molar-refractivity contribution in [1.82, 2.24) is 4.57 Å². The summed E-state index contributed by atoms with van der Waals surface area (Å²) in [6.45, 7) is 3.55. The molecule has 0 aliphatic heterocycles. The van der Waals surface area contributed by atoms with Crippen LogP contribution in [-0.2, 0) is 22.1 Å². The molecule has 4 rings (SSSR count). The molecule has 0 spiro atoms. The van der Waals surface area contributed by atoms with E-state index in [0.29, 0.717) is 0 Å². The summed E-state index contributed by atoms with van der Waals surface area (Å²) in [7, 11) is 0. The number of halogens is 4. The normalized spacial score (nSPS) is 17.3. The fraction of sp³-hybridized carbons (Fsp3) is 0.500. The average molecular weight is 541 g/mol. The molecule has 8 nitrogen and oxygen atoms in total. The number of benzene rings is 1. The maximum atomic E-state index is 14.3. The second kappa shape index (κ2) is 11.1. The van der Waals surface area contributed by atoms with Gasteiger partial charge in [-0.2, -0.15) is 13.2 Å². The van der Waals surface area contributed by atoms with Gasteiger partial charge >= 0.3 is 12.1 Å². The molecule has 1 saturated carbocycles. The van der Waals surface area contributed by atoms with E-state index in [1.807, 2.05) is 0 Å². The van der Waals surface area contributed by atoms with Crippen LogP contribution >= 0.6 is 0 Å². The quantitative estimate of drug-likeness (QED) is 0.300. The number of ether oxygens (including phenoxy) is 1. The lowest BCUT2D eigenvalue weighted by Crippen LogP contribution is -2.29. The molecular weight excluding hydrogens is 508 g/mol. The number of fused-ring (bicyclic) bond motifs is 1. The zero-order chi connectivity index (χ0) is 28.4. The summed E-state index contributed by atoms with van der Waals surface area (Å²) in [6, 6.07) is 2.04. The number of nitrogens with zero attached hydrogens (tertiary/aromatic N) is 1. The van der Waals surface area contributed by atoms with Crippen LogP contribution in [0.15, 0.2) is 18.3 Å². The molecule has 6 N–H and O–H groups in total. The highest BCUT2D eigenvalue weighted by molar-refractivity contribution is 6.01. The highest BCUT2D eigenvalue weighted by Crippen LogP contribution is 2.43. The lowest BCUT2D eigenvalue weighted by Gasteiger charge is -2.30. The number of anilines is 1. The first-order valence-corrected chi connectivity index (χ1v) is 12.3. The summed E-state index contributed by atoms with van der Waals surface area (Å²) in [6.07, 6.45) is 2.01. The van der Waals surface area contributed by atoms with Crippen molar-refractivity contribution in [2.45, 2.75) is 71.1 Å². The predicted octanol–water partition coefficient (Wildman–Crippen LogP) is 4.29. The molecule has 0 unspecified atom stereocenters. The van der Waals surface area contributed by atoms with Gasteiger partial charge < -0.3 is 26.5 Å². The Balaban J connectivity index is 0.000000304. The number of primary amides is 1. The first kappa shape index (κ1) is 29.2. The second-order valence-electron chi connectivity index (χ2n) is 10.4. The number of rotatable bonds is 4. The Kier molecular flexibility index (Phi) is 8.55. The molecule has 2 aliphatic carbocycles. The molecule has 0 bridgehead atoms.